The van der Waals surface area contributed by atoms with Gasteiger partial charge < -0.3 is 10.8 Å². The number of hydrogen-bond acceptors (Lipinski definition) is 6. The van der Waals surface area contributed by atoms with Crippen LogP contribution in [-0.4, -0.2) is 23.3 Å². The van der Waals surface area contributed by atoms with Gasteiger partial charge in [0.1, 0.15) is 0 Å². The largest absolute Gasteiger partial charge is 0.478 e. The van der Waals surface area contributed by atoms with Gasteiger partial charge in [-0.15, -0.1) is 10.2 Å². The van der Waals surface area contributed by atoms with Gasteiger partial charge in [0, 0.05) is 0 Å². The molecular weight excluding hydrogens is 138 g/mol. The third-order valence-electron chi connectivity index (χ3n) is 1.09. The molecule has 0 amide bonds. The van der Waals surface area contributed by atoms with E-state index in [0.717, 1.165) is 0 Å². The lowest BCUT2D eigenvalue weighted by Crippen LogP contribution is -2.40. The van der Waals surface area contributed by atoms with Gasteiger partial charge in [-0.3, -0.25) is 0 Å². The van der Waals surface area contributed by atoms with Gasteiger partial charge in [-0.1, -0.05) is 0 Å². The normalized spacial score (nSPS) is 19.7. The van der Waals surface area contributed by atoms with Crippen LogP contribution in [-0.2, 0) is 4.79 Å². The Morgan fingerprint density at radius 3 is 2.20 bits per heavy atom. The van der Waals surface area contributed by atoms with Crippen molar-refractivity contribution in [1.29, 1.82) is 0 Å². The van der Waals surface area contributed by atoms with Gasteiger partial charge in [0.25, 0.3) is 0 Å². The van der Waals surface area contributed by atoms with E-state index in [9.17, 15) is 4.79 Å². The van der Waals surface area contributed by atoms with Crippen molar-refractivity contribution in [3.05, 3.63) is 0 Å². The standard InChI is InChI=1S/C3H5N5O2/c4-1-3(2(9)10)5-7-8-6-3/h1,4H2,(H,9,10). The number of rotatable bonds is 2. The van der Waals surface area contributed by atoms with Gasteiger partial charge in [0.2, 0.25) is 0 Å². The predicted octanol–water partition coefficient (Wildman–Crippen LogP) is -0.441. The fourth-order valence-corrected chi connectivity index (χ4v) is 0.462. The van der Waals surface area contributed by atoms with Gasteiger partial charge >= 0.3 is 11.6 Å². The van der Waals surface area contributed by atoms with Crippen molar-refractivity contribution in [2.75, 3.05) is 6.54 Å². The number of aliphatic carboxylic acids is 1. The van der Waals surface area contributed by atoms with Crippen LogP contribution in [0.5, 0.6) is 0 Å². The number of carbonyl (C=O) groups is 1. The summed E-state index contributed by atoms with van der Waals surface area (Å²) < 4.78 is 0. The molecule has 0 saturated heterocycles. The second-order valence-corrected chi connectivity index (χ2v) is 1.70. The summed E-state index contributed by atoms with van der Waals surface area (Å²) in [6.07, 6.45) is 0. The number of nitrogens with two attached hydrogens (primary N) is 1. The maximum absolute atomic E-state index is 10.4. The maximum Gasteiger partial charge on any atom is 0.359 e. The Morgan fingerprint density at radius 2 is 2.00 bits per heavy atom. The average molecular weight is 143 g/mol. The van der Waals surface area contributed by atoms with Crippen LogP contribution in [0.25, 0.3) is 0 Å². The summed E-state index contributed by atoms with van der Waals surface area (Å²) in [4.78, 5) is 10.4. The molecular formula is C3H5N5O2. The van der Waals surface area contributed by atoms with Crippen molar-refractivity contribution in [3.8, 4) is 0 Å². The fraction of sp³-hybridized carbons (Fsp3) is 0.667. The van der Waals surface area contributed by atoms with Crippen molar-refractivity contribution in [1.82, 2.24) is 0 Å². The molecule has 0 saturated carbocycles. The van der Waals surface area contributed by atoms with E-state index in [-0.39, 0.29) is 6.54 Å². The van der Waals surface area contributed by atoms with Gasteiger partial charge in [-0.2, -0.15) is 0 Å². The predicted molar refractivity (Wildman–Crippen MR) is 29.1 cm³/mol. The van der Waals surface area contributed by atoms with Gasteiger partial charge in [-0.05, 0) is 10.4 Å². The summed E-state index contributed by atoms with van der Waals surface area (Å²) in [5, 5.41) is 21.1. The molecule has 0 aliphatic carbocycles. The second-order valence-electron chi connectivity index (χ2n) is 1.70. The fourth-order valence-electron chi connectivity index (χ4n) is 0.462. The molecule has 0 radical (unpaired) electrons. The SMILES string of the molecule is NCC1(C(=O)O)N=NN=N1. The molecule has 0 aromatic rings. The lowest BCUT2D eigenvalue weighted by molar-refractivity contribution is -0.142. The average Bonchev–Trinajstić information content (AvgIpc) is 2.35. The van der Waals surface area contributed by atoms with Crippen LogP contribution in [0.1, 0.15) is 0 Å². The first-order chi connectivity index (χ1) is 4.71. The summed E-state index contributed by atoms with van der Waals surface area (Å²) in [6, 6.07) is 0. The minimum Gasteiger partial charge on any atom is -0.478 e. The van der Waals surface area contributed by atoms with Crippen molar-refractivity contribution < 1.29 is 9.90 Å². The van der Waals surface area contributed by atoms with E-state index < -0.39 is 11.6 Å². The smallest absolute Gasteiger partial charge is 0.359 e. The topological polar surface area (TPSA) is 113 Å². The highest BCUT2D eigenvalue weighted by Crippen LogP contribution is 2.18. The third kappa shape index (κ3) is 0.760. The Balaban J connectivity index is 2.90. The van der Waals surface area contributed by atoms with Gasteiger partial charge in [0.05, 0.1) is 6.54 Å². The van der Waals surface area contributed by atoms with E-state index >= 15 is 0 Å². The zero-order valence-corrected chi connectivity index (χ0v) is 4.93. The zero-order valence-electron chi connectivity index (χ0n) is 4.93. The quantitative estimate of drug-likeness (QED) is 0.546. The lowest BCUT2D eigenvalue weighted by Gasteiger charge is -2.09. The molecule has 1 aliphatic rings. The molecule has 54 valence electrons. The van der Waals surface area contributed by atoms with Crippen molar-refractivity contribution >= 4 is 5.97 Å². The summed E-state index contributed by atoms with van der Waals surface area (Å²) in [5.41, 5.74) is 3.43. The first-order valence-electron chi connectivity index (χ1n) is 2.49. The van der Waals surface area contributed by atoms with Crippen molar-refractivity contribution in [2.24, 2.45) is 26.4 Å². The number of nitrogens with zero attached hydrogens (tertiary/aromatic N) is 4. The maximum atomic E-state index is 10.4. The van der Waals surface area contributed by atoms with Crippen LogP contribution in [0.15, 0.2) is 20.7 Å². The molecule has 7 nitrogen and oxygen atoms in total. The molecule has 1 heterocycles. The van der Waals surface area contributed by atoms with E-state index in [4.69, 9.17) is 10.8 Å². The molecule has 7 heteroatoms. The number of hydrogen-bond donors (Lipinski definition) is 2. The van der Waals surface area contributed by atoms with Crippen LogP contribution < -0.4 is 5.73 Å². The zero-order chi connectivity index (χ0) is 7.61. The van der Waals surface area contributed by atoms with Crippen LogP contribution in [0.3, 0.4) is 0 Å². The van der Waals surface area contributed by atoms with E-state index in [2.05, 4.69) is 20.7 Å². The van der Waals surface area contributed by atoms with Gasteiger partial charge in [-0.25, -0.2) is 4.79 Å². The van der Waals surface area contributed by atoms with Crippen LogP contribution in [0.2, 0.25) is 0 Å². The molecule has 0 atom stereocenters. The Hall–Kier alpha value is -1.37. The highest BCUT2D eigenvalue weighted by molar-refractivity contribution is 5.78. The molecule has 3 N–H and O–H groups in total. The molecule has 0 aromatic carbocycles. The highest BCUT2D eigenvalue weighted by Gasteiger charge is 2.40. The van der Waals surface area contributed by atoms with E-state index in [1.165, 1.54) is 0 Å². The molecule has 0 spiro atoms. The van der Waals surface area contributed by atoms with E-state index in [1.54, 1.807) is 0 Å². The minimum atomic E-state index is -1.65. The summed E-state index contributed by atoms with van der Waals surface area (Å²) >= 11 is 0. The highest BCUT2D eigenvalue weighted by atomic mass is 16.4. The van der Waals surface area contributed by atoms with E-state index in [1.807, 2.05) is 0 Å². The lowest BCUT2D eigenvalue weighted by atomic mass is 10.2. The second kappa shape index (κ2) is 2.10. The van der Waals surface area contributed by atoms with Crippen molar-refractivity contribution in [2.45, 2.75) is 5.66 Å². The van der Waals surface area contributed by atoms with Crippen LogP contribution in [0, 0.1) is 0 Å². The molecule has 1 aliphatic heterocycles. The summed E-state index contributed by atoms with van der Waals surface area (Å²) in [6.45, 7) is -0.227. The number of carboxylic acids is 1. The molecule has 0 unspecified atom stereocenters. The summed E-state index contributed by atoms with van der Waals surface area (Å²) in [5.74, 6) is -1.24. The first-order valence-corrected chi connectivity index (χ1v) is 2.49. The third-order valence-corrected chi connectivity index (χ3v) is 1.09. The Bertz CT molecular complexity index is 197. The van der Waals surface area contributed by atoms with Crippen molar-refractivity contribution in [3.63, 3.8) is 0 Å². The van der Waals surface area contributed by atoms with E-state index in [0.29, 0.717) is 0 Å². The van der Waals surface area contributed by atoms with Crippen LogP contribution >= 0.6 is 0 Å². The molecule has 0 fully saturated rings. The minimum absolute atomic E-state index is 0.227. The Labute approximate surface area is 55.6 Å². The Morgan fingerprint density at radius 1 is 1.50 bits per heavy atom. The molecule has 1 rings (SSSR count). The van der Waals surface area contributed by atoms with Crippen LogP contribution in [0.4, 0.5) is 0 Å². The summed E-state index contributed by atoms with van der Waals surface area (Å²) in [7, 11) is 0. The molecule has 10 heavy (non-hydrogen) atoms. The first kappa shape index (κ1) is 6.75. The van der Waals surface area contributed by atoms with Gasteiger partial charge in [0.15, 0.2) is 0 Å². The molecule has 0 aromatic heterocycles. The monoisotopic (exact) mass is 143 g/mol. The Kier molecular flexibility index (Phi) is 1.42. The molecule has 0 bridgehead atoms. The number of carboxylic acid groups (broad SMARTS) is 1.